The van der Waals surface area contributed by atoms with Crippen LogP contribution in [0.25, 0.3) is 0 Å². The van der Waals surface area contributed by atoms with Crippen LogP contribution in [0.15, 0.2) is 0 Å². The van der Waals surface area contributed by atoms with Gasteiger partial charge in [-0.2, -0.15) is 0 Å². The molecule has 0 aromatic carbocycles. The first-order valence-electron chi connectivity index (χ1n) is 2.82. The van der Waals surface area contributed by atoms with E-state index in [1.807, 2.05) is 0 Å². The Hall–Kier alpha value is 0. The van der Waals surface area contributed by atoms with Crippen LogP contribution < -0.4 is 0 Å². The van der Waals surface area contributed by atoms with Crippen LogP contribution >= 0.6 is 0 Å². The van der Waals surface area contributed by atoms with Gasteiger partial charge in [0.2, 0.25) is 0 Å². The largest absolute Gasteiger partial charge is 0.0597 e. The maximum atomic E-state index is 2.25. The molecule has 0 aliphatic heterocycles. The molecule has 0 heterocycles. The molecular weight excluding hydrogens is 84.1 g/mol. The van der Waals surface area contributed by atoms with Crippen molar-refractivity contribution in [3.05, 3.63) is 12.3 Å². The Morgan fingerprint density at radius 3 is 1.29 bits per heavy atom. The Balaban J connectivity index is 0.000000105. The van der Waals surface area contributed by atoms with Crippen LogP contribution in [0.5, 0.6) is 0 Å². The second kappa shape index (κ2) is 4.17. The van der Waals surface area contributed by atoms with Crippen molar-refractivity contribution in [1.82, 2.24) is 0 Å². The maximum absolute atomic E-state index is 2.25. The van der Waals surface area contributed by atoms with Gasteiger partial charge in [0.15, 0.2) is 0 Å². The molecule has 42 valence electrons. The van der Waals surface area contributed by atoms with Crippen LogP contribution in [0.3, 0.4) is 0 Å². The zero-order valence-electron chi connectivity index (χ0n) is 5.49. The van der Waals surface area contributed by atoms with E-state index in [1.165, 1.54) is 18.8 Å². The molecule has 0 N–H and O–H groups in total. The Morgan fingerprint density at radius 1 is 1.14 bits per heavy atom. The number of hydrogen-bond donors (Lipinski definition) is 0. The van der Waals surface area contributed by atoms with Crippen LogP contribution in [-0.2, 0) is 0 Å². The molecule has 0 bridgehead atoms. The van der Waals surface area contributed by atoms with Gasteiger partial charge in [-0.1, -0.05) is 20.8 Å². The highest BCUT2D eigenvalue weighted by Crippen LogP contribution is 2.12. The Bertz CT molecular complexity index is 21.5. The SMILES string of the molecule is C[C](C)C.[CH]1CC1. The molecule has 1 aliphatic rings. The summed E-state index contributed by atoms with van der Waals surface area (Å²) in [5.74, 6) is 1.42. The number of rotatable bonds is 0. The predicted octanol–water partition coefficient (Wildman–Crippen LogP) is 2.61. The van der Waals surface area contributed by atoms with Crippen molar-refractivity contribution >= 4 is 0 Å². The van der Waals surface area contributed by atoms with E-state index in [4.69, 9.17) is 0 Å². The molecular formula is C7H14. The summed E-state index contributed by atoms with van der Waals surface area (Å²) in [5, 5.41) is 0. The fourth-order valence-electron chi connectivity index (χ4n) is 0. The first kappa shape index (κ1) is 7.00. The molecule has 0 saturated heterocycles. The average Bonchev–Trinajstić information content (AvgIpc) is 2.02. The molecule has 0 spiro atoms. The summed E-state index contributed by atoms with van der Waals surface area (Å²) in [7, 11) is 0. The van der Waals surface area contributed by atoms with Crippen LogP contribution in [0.4, 0.5) is 0 Å². The second-order valence-corrected chi connectivity index (χ2v) is 2.37. The van der Waals surface area contributed by atoms with Crippen LogP contribution in [0, 0.1) is 12.3 Å². The number of hydrogen-bond acceptors (Lipinski definition) is 0. The van der Waals surface area contributed by atoms with Gasteiger partial charge in [0.1, 0.15) is 0 Å². The molecule has 0 nitrogen and oxygen atoms in total. The van der Waals surface area contributed by atoms with E-state index in [-0.39, 0.29) is 0 Å². The molecule has 1 fully saturated rings. The normalized spacial score (nSPS) is 15.4. The molecule has 0 aromatic heterocycles. The summed E-state index contributed by atoms with van der Waals surface area (Å²) in [6.45, 7) is 6.25. The third-order valence-corrected chi connectivity index (χ3v) is 0.289. The lowest BCUT2D eigenvalue weighted by Gasteiger charge is -1.78. The summed E-state index contributed by atoms with van der Waals surface area (Å²) in [4.78, 5) is 0. The van der Waals surface area contributed by atoms with Gasteiger partial charge in [-0.3, -0.25) is 0 Å². The van der Waals surface area contributed by atoms with E-state index in [2.05, 4.69) is 27.2 Å². The minimum atomic E-state index is 1.38. The summed E-state index contributed by atoms with van der Waals surface area (Å²) >= 11 is 0. The van der Waals surface area contributed by atoms with E-state index in [1.54, 1.807) is 0 Å². The van der Waals surface area contributed by atoms with Gasteiger partial charge in [0, 0.05) is 0 Å². The van der Waals surface area contributed by atoms with E-state index < -0.39 is 0 Å². The molecule has 2 radical (unpaired) electrons. The fourth-order valence-corrected chi connectivity index (χ4v) is 0. The Morgan fingerprint density at radius 2 is 1.29 bits per heavy atom. The van der Waals surface area contributed by atoms with Crippen LogP contribution in [0.1, 0.15) is 33.6 Å². The van der Waals surface area contributed by atoms with Crippen molar-refractivity contribution < 1.29 is 0 Å². The van der Waals surface area contributed by atoms with Crippen molar-refractivity contribution in [2.24, 2.45) is 0 Å². The van der Waals surface area contributed by atoms with E-state index >= 15 is 0 Å². The van der Waals surface area contributed by atoms with Crippen molar-refractivity contribution in [1.29, 1.82) is 0 Å². The van der Waals surface area contributed by atoms with E-state index in [0.717, 1.165) is 0 Å². The lowest BCUT2D eigenvalue weighted by atomic mass is 10.3. The molecule has 0 heteroatoms. The zero-order valence-corrected chi connectivity index (χ0v) is 5.49. The monoisotopic (exact) mass is 98.1 g/mol. The van der Waals surface area contributed by atoms with Crippen LogP contribution in [0.2, 0.25) is 0 Å². The highest BCUT2D eigenvalue weighted by Gasteiger charge is 1.95. The molecule has 1 rings (SSSR count). The average molecular weight is 98.2 g/mol. The lowest BCUT2D eigenvalue weighted by Crippen LogP contribution is -1.62. The van der Waals surface area contributed by atoms with Crippen LogP contribution in [-0.4, -0.2) is 0 Å². The smallest absolute Gasteiger partial charge is 0.0334 e. The summed E-state index contributed by atoms with van der Waals surface area (Å²) in [6, 6.07) is 0. The quantitative estimate of drug-likeness (QED) is 0.437. The Labute approximate surface area is 46.9 Å². The fraction of sp³-hybridized carbons (Fsp3) is 0.714. The Kier molecular flexibility index (Phi) is 4.17. The third kappa shape index (κ3) is 96.0. The van der Waals surface area contributed by atoms with Crippen molar-refractivity contribution in [3.63, 3.8) is 0 Å². The van der Waals surface area contributed by atoms with Crippen molar-refractivity contribution in [2.75, 3.05) is 0 Å². The van der Waals surface area contributed by atoms with Gasteiger partial charge >= 0.3 is 0 Å². The van der Waals surface area contributed by atoms with E-state index in [9.17, 15) is 0 Å². The summed E-state index contributed by atoms with van der Waals surface area (Å²) < 4.78 is 0. The van der Waals surface area contributed by atoms with E-state index in [0.29, 0.717) is 0 Å². The molecule has 0 atom stereocenters. The van der Waals surface area contributed by atoms with Gasteiger partial charge in [-0.05, 0) is 25.2 Å². The first-order chi connectivity index (χ1) is 3.23. The molecule has 0 unspecified atom stereocenters. The molecule has 1 saturated carbocycles. The van der Waals surface area contributed by atoms with Gasteiger partial charge in [0.05, 0.1) is 0 Å². The highest BCUT2D eigenvalue weighted by atomic mass is 14.0. The molecule has 0 aromatic rings. The van der Waals surface area contributed by atoms with Crippen molar-refractivity contribution in [2.45, 2.75) is 33.6 Å². The highest BCUT2D eigenvalue weighted by molar-refractivity contribution is 4.79. The standard InChI is InChI=1S/C4H9.C3H5/c1-4(2)3;1-2-3-1/h1-3H3;1H,2-3H2. The maximum Gasteiger partial charge on any atom is -0.0334 e. The second-order valence-electron chi connectivity index (χ2n) is 2.37. The topological polar surface area (TPSA) is 0 Å². The molecule has 1 aliphatic carbocycles. The van der Waals surface area contributed by atoms with Gasteiger partial charge < -0.3 is 0 Å². The first-order valence-corrected chi connectivity index (χ1v) is 2.82. The van der Waals surface area contributed by atoms with Gasteiger partial charge in [-0.15, -0.1) is 0 Å². The minimum Gasteiger partial charge on any atom is -0.0597 e. The van der Waals surface area contributed by atoms with Crippen molar-refractivity contribution in [3.8, 4) is 0 Å². The third-order valence-electron chi connectivity index (χ3n) is 0.289. The molecule has 7 heavy (non-hydrogen) atoms. The lowest BCUT2D eigenvalue weighted by molar-refractivity contribution is 1.10. The summed E-state index contributed by atoms with van der Waals surface area (Å²) in [6.07, 6.45) is 5.00. The molecule has 0 amide bonds. The zero-order chi connectivity index (χ0) is 5.70. The minimum absolute atomic E-state index is 1.38. The predicted molar refractivity (Wildman–Crippen MR) is 33.8 cm³/mol. The van der Waals surface area contributed by atoms with Gasteiger partial charge in [0.25, 0.3) is 0 Å². The van der Waals surface area contributed by atoms with Gasteiger partial charge in [-0.25, -0.2) is 0 Å². The summed E-state index contributed by atoms with van der Waals surface area (Å²) in [5.41, 5.74) is 0.